The minimum absolute atomic E-state index is 0.176. The monoisotopic (exact) mass is 410 g/mol. The van der Waals surface area contributed by atoms with Crippen LogP contribution in [0.3, 0.4) is 0 Å². The topological polar surface area (TPSA) is 99.6 Å². The van der Waals surface area contributed by atoms with Crippen LogP contribution in [0.2, 0.25) is 0 Å². The number of benzene rings is 1. The molecule has 4 rings (SSSR count). The van der Waals surface area contributed by atoms with E-state index in [4.69, 9.17) is 10.5 Å². The summed E-state index contributed by atoms with van der Waals surface area (Å²) in [6, 6.07) is 11.0. The summed E-state index contributed by atoms with van der Waals surface area (Å²) in [5, 5.41) is 6.26. The summed E-state index contributed by atoms with van der Waals surface area (Å²) in [6.07, 6.45) is 5.48. The summed E-state index contributed by atoms with van der Waals surface area (Å²) < 4.78 is 7.07. The molecule has 3 aromatic heterocycles. The Labute approximate surface area is 167 Å². The van der Waals surface area contributed by atoms with Gasteiger partial charge in [-0.2, -0.15) is 9.50 Å². The van der Waals surface area contributed by atoms with E-state index in [9.17, 15) is 9.59 Å². The molecule has 0 aliphatic carbocycles. The van der Waals surface area contributed by atoms with E-state index in [2.05, 4.69) is 10.1 Å². The van der Waals surface area contributed by atoms with Crippen LogP contribution >= 0.6 is 22.7 Å². The molecule has 0 saturated heterocycles. The quantitative estimate of drug-likeness (QED) is 0.522. The van der Waals surface area contributed by atoms with Gasteiger partial charge in [0.1, 0.15) is 5.75 Å². The number of carbonyl (C=O) groups excluding carboxylic acids is 1. The summed E-state index contributed by atoms with van der Waals surface area (Å²) in [6.45, 7) is -0.176. The Morgan fingerprint density at radius 3 is 2.71 bits per heavy atom. The molecule has 7 nitrogen and oxygen atoms in total. The SMILES string of the molecule is NC(=O)COc1ccc(/C=c2/sc3nc(/C=C/c4cccs4)nn3c2=O)cc1. The molecule has 0 atom stereocenters. The number of ether oxygens (including phenoxy) is 1. The van der Waals surface area contributed by atoms with Gasteiger partial charge in [0, 0.05) is 4.88 Å². The van der Waals surface area contributed by atoms with Crippen LogP contribution in [0, 0.1) is 0 Å². The van der Waals surface area contributed by atoms with Crippen molar-refractivity contribution < 1.29 is 9.53 Å². The van der Waals surface area contributed by atoms with Crippen LogP contribution in [-0.2, 0) is 4.79 Å². The van der Waals surface area contributed by atoms with E-state index in [-0.39, 0.29) is 12.2 Å². The van der Waals surface area contributed by atoms with Crippen LogP contribution in [0.1, 0.15) is 16.3 Å². The molecule has 4 aromatic rings. The molecule has 0 radical (unpaired) electrons. The molecule has 0 spiro atoms. The number of thiophene rings is 1. The highest BCUT2D eigenvalue weighted by Gasteiger charge is 2.09. The first kappa shape index (κ1) is 18.1. The fraction of sp³-hybridized carbons (Fsp3) is 0.0526. The molecule has 0 aliphatic rings. The molecule has 0 bridgehead atoms. The Balaban J connectivity index is 1.57. The van der Waals surface area contributed by atoms with Gasteiger partial charge in [-0.25, -0.2) is 0 Å². The van der Waals surface area contributed by atoms with Crippen molar-refractivity contribution in [3.8, 4) is 5.75 Å². The summed E-state index contributed by atoms with van der Waals surface area (Å²) >= 11 is 2.90. The predicted octanol–water partition coefficient (Wildman–Crippen LogP) is 1.79. The molecule has 0 fully saturated rings. The molecule has 2 N–H and O–H groups in total. The second-order valence-electron chi connectivity index (χ2n) is 5.75. The van der Waals surface area contributed by atoms with Gasteiger partial charge in [-0.3, -0.25) is 9.59 Å². The molecular weight excluding hydrogens is 396 g/mol. The molecule has 9 heteroatoms. The number of hydrogen-bond donors (Lipinski definition) is 1. The van der Waals surface area contributed by atoms with E-state index in [1.807, 2.05) is 23.6 Å². The van der Waals surface area contributed by atoms with Crippen LogP contribution in [0.5, 0.6) is 5.75 Å². The lowest BCUT2D eigenvalue weighted by atomic mass is 10.2. The van der Waals surface area contributed by atoms with Crippen molar-refractivity contribution in [2.75, 3.05) is 6.61 Å². The fourth-order valence-electron chi connectivity index (χ4n) is 2.43. The number of amides is 1. The zero-order valence-corrected chi connectivity index (χ0v) is 16.1. The smallest absolute Gasteiger partial charge is 0.291 e. The number of aromatic nitrogens is 3. The third-order valence-corrected chi connectivity index (χ3v) is 5.49. The van der Waals surface area contributed by atoms with E-state index in [0.717, 1.165) is 10.4 Å². The van der Waals surface area contributed by atoms with Crippen LogP contribution in [0.25, 0.3) is 23.2 Å². The van der Waals surface area contributed by atoms with E-state index >= 15 is 0 Å². The molecule has 1 aromatic carbocycles. The van der Waals surface area contributed by atoms with Crippen molar-refractivity contribution in [1.29, 1.82) is 0 Å². The van der Waals surface area contributed by atoms with Crippen molar-refractivity contribution in [1.82, 2.24) is 14.6 Å². The first-order valence-electron chi connectivity index (χ1n) is 8.22. The van der Waals surface area contributed by atoms with Crippen LogP contribution in [0.4, 0.5) is 0 Å². The first-order chi connectivity index (χ1) is 13.6. The molecule has 0 saturated carbocycles. The Bertz CT molecular complexity index is 1260. The average molecular weight is 410 g/mol. The largest absolute Gasteiger partial charge is 0.484 e. The lowest BCUT2D eigenvalue weighted by molar-refractivity contribution is -0.119. The number of fused-ring (bicyclic) bond motifs is 1. The Morgan fingerprint density at radius 2 is 2.04 bits per heavy atom. The van der Waals surface area contributed by atoms with Gasteiger partial charge in [0.2, 0.25) is 4.96 Å². The predicted molar refractivity (Wildman–Crippen MR) is 110 cm³/mol. The highest BCUT2D eigenvalue weighted by molar-refractivity contribution is 7.15. The van der Waals surface area contributed by atoms with Gasteiger partial charge in [0.05, 0.1) is 4.53 Å². The van der Waals surface area contributed by atoms with E-state index in [1.165, 1.54) is 15.9 Å². The zero-order chi connectivity index (χ0) is 19.5. The van der Waals surface area contributed by atoms with Crippen LogP contribution < -0.4 is 20.6 Å². The maximum absolute atomic E-state index is 12.6. The van der Waals surface area contributed by atoms with Crippen molar-refractivity contribution in [3.05, 3.63) is 72.9 Å². The molecule has 0 unspecified atom stereocenters. The van der Waals surface area contributed by atoms with Gasteiger partial charge in [-0.15, -0.1) is 16.4 Å². The maximum Gasteiger partial charge on any atom is 0.291 e. The van der Waals surface area contributed by atoms with Gasteiger partial charge in [0.25, 0.3) is 11.5 Å². The lowest BCUT2D eigenvalue weighted by Gasteiger charge is -2.03. The van der Waals surface area contributed by atoms with Crippen LogP contribution in [0.15, 0.2) is 46.6 Å². The molecule has 1 amide bonds. The minimum Gasteiger partial charge on any atom is -0.484 e. The number of nitrogens with zero attached hydrogens (tertiary/aromatic N) is 3. The second-order valence-corrected chi connectivity index (χ2v) is 7.74. The Hall–Kier alpha value is -3.30. The number of primary amides is 1. The molecule has 140 valence electrons. The lowest BCUT2D eigenvalue weighted by Crippen LogP contribution is -2.23. The number of thiazole rings is 1. The summed E-state index contributed by atoms with van der Waals surface area (Å²) in [7, 11) is 0. The molecule has 3 heterocycles. The summed E-state index contributed by atoms with van der Waals surface area (Å²) in [5.74, 6) is 0.494. The van der Waals surface area contributed by atoms with Gasteiger partial charge < -0.3 is 10.5 Å². The van der Waals surface area contributed by atoms with E-state index in [0.29, 0.717) is 21.1 Å². The fourth-order valence-corrected chi connectivity index (χ4v) is 3.96. The highest BCUT2D eigenvalue weighted by Crippen LogP contribution is 2.14. The maximum atomic E-state index is 12.6. The number of carbonyl (C=O) groups is 1. The first-order valence-corrected chi connectivity index (χ1v) is 9.92. The third-order valence-electron chi connectivity index (χ3n) is 3.70. The molecule has 28 heavy (non-hydrogen) atoms. The van der Waals surface area contributed by atoms with Gasteiger partial charge in [0.15, 0.2) is 12.4 Å². The molecule has 0 aliphatic heterocycles. The van der Waals surface area contributed by atoms with E-state index in [1.54, 1.807) is 47.8 Å². The van der Waals surface area contributed by atoms with Crippen LogP contribution in [-0.4, -0.2) is 27.1 Å². The second kappa shape index (κ2) is 7.75. The summed E-state index contributed by atoms with van der Waals surface area (Å²) in [5.41, 5.74) is 5.66. The number of rotatable bonds is 6. The van der Waals surface area contributed by atoms with Crippen molar-refractivity contribution in [2.45, 2.75) is 0 Å². The Morgan fingerprint density at radius 1 is 1.21 bits per heavy atom. The van der Waals surface area contributed by atoms with Crippen molar-refractivity contribution in [2.24, 2.45) is 5.73 Å². The summed E-state index contributed by atoms with van der Waals surface area (Å²) in [4.78, 5) is 29.3. The van der Waals surface area contributed by atoms with E-state index < -0.39 is 5.91 Å². The standard InChI is InChI=1S/C19H14N4O3S2/c20-16(24)11-26-13-5-3-12(4-6-13)10-15-18(25)23-19(28-15)21-17(22-23)8-7-14-2-1-9-27-14/h1-10H,11H2,(H2,20,24)/b8-7+,15-10+. The van der Waals surface area contributed by atoms with Gasteiger partial charge >= 0.3 is 0 Å². The normalized spacial score (nSPS) is 12.2. The van der Waals surface area contributed by atoms with Gasteiger partial charge in [-0.1, -0.05) is 29.5 Å². The van der Waals surface area contributed by atoms with Crippen molar-refractivity contribution >= 4 is 51.8 Å². The third kappa shape index (κ3) is 4.00. The van der Waals surface area contributed by atoms with Gasteiger partial charge in [-0.05, 0) is 47.4 Å². The highest BCUT2D eigenvalue weighted by atomic mass is 32.1. The molecular formula is C19H14N4O3S2. The average Bonchev–Trinajstić information content (AvgIpc) is 3.39. The number of nitrogens with two attached hydrogens (primary N) is 1. The Kier molecular flexibility index (Phi) is 5.00. The zero-order valence-electron chi connectivity index (χ0n) is 14.4. The van der Waals surface area contributed by atoms with Crippen molar-refractivity contribution in [3.63, 3.8) is 0 Å². The minimum atomic E-state index is -0.536. The number of hydrogen-bond acceptors (Lipinski definition) is 7.